The summed E-state index contributed by atoms with van der Waals surface area (Å²) in [5.74, 6) is -0.310. The van der Waals surface area contributed by atoms with Crippen LogP contribution >= 0.6 is 11.6 Å². The number of nitrogens with zero attached hydrogens (tertiary/aromatic N) is 3. The van der Waals surface area contributed by atoms with E-state index in [0.29, 0.717) is 10.7 Å². The number of pyridine rings is 1. The van der Waals surface area contributed by atoms with Crippen LogP contribution in [0.3, 0.4) is 0 Å². The molecule has 0 saturated carbocycles. The number of esters is 1. The van der Waals surface area contributed by atoms with E-state index in [1.54, 1.807) is 24.4 Å². The smallest absolute Gasteiger partial charge is 0.363 e. The van der Waals surface area contributed by atoms with Gasteiger partial charge < -0.3 is 9.64 Å². The highest BCUT2D eigenvalue weighted by atomic mass is 35.5. The summed E-state index contributed by atoms with van der Waals surface area (Å²) >= 11 is 5.95. The average Bonchev–Trinajstić information content (AvgIpc) is 3.04. The lowest BCUT2D eigenvalue weighted by Gasteiger charge is -2.28. The van der Waals surface area contributed by atoms with Crippen molar-refractivity contribution in [2.24, 2.45) is 4.99 Å². The maximum absolute atomic E-state index is 12.1. The molecule has 2 aliphatic heterocycles. The van der Waals surface area contributed by atoms with Gasteiger partial charge in [-0.05, 0) is 55.2 Å². The van der Waals surface area contributed by atoms with E-state index in [1.165, 1.54) is 24.9 Å². The molecule has 0 aliphatic carbocycles. The van der Waals surface area contributed by atoms with Crippen LogP contribution in [0.15, 0.2) is 53.3 Å². The number of aromatic nitrogens is 1. The number of aliphatic imine (C=N–C) groups is 1. The molecule has 0 unspecified atom stereocenters. The minimum Gasteiger partial charge on any atom is -0.400 e. The van der Waals surface area contributed by atoms with Gasteiger partial charge in [0.15, 0.2) is 5.70 Å². The van der Waals surface area contributed by atoms with E-state index in [2.05, 4.69) is 27.0 Å². The van der Waals surface area contributed by atoms with E-state index < -0.39 is 5.97 Å². The van der Waals surface area contributed by atoms with Crippen LogP contribution in [0.2, 0.25) is 5.02 Å². The highest BCUT2D eigenvalue weighted by Crippen LogP contribution is 2.23. The first-order valence-electron chi connectivity index (χ1n) is 8.68. The van der Waals surface area contributed by atoms with Crippen LogP contribution < -0.4 is 4.90 Å². The van der Waals surface area contributed by atoms with Crippen molar-refractivity contribution in [3.63, 3.8) is 0 Å². The molecule has 0 amide bonds. The minimum atomic E-state index is -0.484. The van der Waals surface area contributed by atoms with E-state index in [4.69, 9.17) is 16.3 Å². The Hall–Kier alpha value is -2.66. The number of anilines is 1. The Morgan fingerprint density at radius 2 is 1.85 bits per heavy atom. The van der Waals surface area contributed by atoms with E-state index in [9.17, 15) is 4.79 Å². The van der Waals surface area contributed by atoms with Gasteiger partial charge in [-0.3, -0.25) is 4.98 Å². The summed E-state index contributed by atoms with van der Waals surface area (Å²) in [7, 11) is 0. The quantitative estimate of drug-likeness (QED) is 0.606. The molecule has 0 bridgehead atoms. The van der Waals surface area contributed by atoms with Crippen molar-refractivity contribution in [2.75, 3.05) is 18.0 Å². The first-order chi connectivity index (χ1) is 12.7. The molecular formula is C20H18ClN3O2. The lowest BCUT2D eigenvalue weighted by Crippen LogP contribution is -2.29. The van der Waals surface area contributed by atoms with Gasteiger partial charge in [0.2, 0.25) is 5.90 Å². The molecular weight excluding hydrogens is 350 g/mol. The van der Waals surface area contributed by atoms with Crippen molar-refractivity contribution in [3.05, 3.63) is 64.6 Å². The normalized spacial score (nSPS) is 18.8. The summed E-state index contributed by atoms with van der Waals surface area (Å²) in [6.45, 7) is 2.21. The molecule has 1 aromatic heterocycles. The van der Waals surface area contributed by atoms with Crippen LogP contribution in [0.5, 0.6) is 0 Å². The second kappa shape index (κ2) is 7.30. The summed E-state index contributed by atoms with van der Waals surface area (Å²) < 4.78 is 5.22. The van der Waals surface area contributed by atoms with Gasteiger partial charge in [-0.1, -0.05) is 23.7 Å². The lowest BCUT2D eigenvalue weighted by molar-refractivity contribution is -0.129. The van der Waals surface area contributed by atoms with Crippen molar-refractivity contribution in [3.8, 4) is 0 Å². The van der Waals surface area contributed by atoms with Gasteiger partial charge in [0.25, 0.3) is 0 Å². The fourth-order valence-corrected chi connectivity index (χ4v) is 3.29. The number of hydrogen-bond acceptors (Lipinski definition) is 5. The molecule has 6 heteroatoms. The van der Waals surface area contributed by atoms with Crippen LogP contribution in [0, 0.1) is 0 Å². The van der Waals surface area contributed by atoms with Gasteiger partial charge in [-0.2, -0.15) is 0 Å². The van der Waals surface area contributed by atoms with Crippen molar-refractivity contribution >= 4 is 35.2 Å². The molecule has 2 aliphatic rings. The van der Waals surface area contributed by atoms with Crippen LogP contribution in [-0.2, 0) is 9.53 Å². The fraction of sp³-hybridized carbons (Fsp3) is 0.250. The Labute approximate surface area is 157 Å². The minimum absolute atomic E-state index is 0.175. The third-order valence-corrected chi connectivity index (χ3v) is 4.71. The molecule has 1 fully saturated rings. The van der Waals surface area contributed by atoms with Crippen molar-refractivity contribution < 1.29 is 9.53 Å². The Balaban J connectivity index is 1.54. The topological polar surface area (TPSA) is 54.8 Å². The number of piperidine rings is 1. The predicted octanol–water partition coefficient (Wildman–Crippen LogP) is 4.07. The molecule has 5 nitrogen and oxygen atoms in total. The second-order valence-electron chi connectivity index (χ2n) is 6.33. The summed E-state index contributed by atoms with van der Waals surface area (Å²) in [6.07, 6.45) is 7.07. The Bertz CT molecular complexity index is 884. The second-order valence-corrected chi connectivity index (χ2v) is 6.77. The first kappa shape index (κ1) is 16.8. The van der Waals surface area contributed by atoms with E-state index in [-0.39, 0.29) is 11.6 Å². The molecule has 0 atom stereocenters. The molecule has 0 spiro atoms. The van der Waals surface area contributed by atoms with Crippen LogP contribution in [0.1, 0.15) is 30.5 Å². The van der Waals surface area contributed by atoms with Gasteiger partial charge in [0, 0.05) is 30.0 Å². The van der Waals surface area contributed by atoms with Crippen molar-refractivity contribution in [1.82, 2.24) is 4.98 Å². The number of hydrogen-bond donors (Lipinski definition) is 0. The summed E-state index contributed by atoms with van der Waals surface area (Å²) in [5.41, 5.74) is 2.82. The van der Waals surface area contributed by atoms with E-state index in [1.807, 2.05) is 12.1 Å². The molecule has 4 rings (SSSR count). The fourth-order valence-electron chi connectivity index (χ4n) is 3.13. The number of cyclic esters (lactones) is 1. The Morgan fingerprint density at radius 3 is 2.58 bits per heavy atom. The van der Waals surface area contributed by atoms with Gasteiger partial charge >= 0.3 is 5.97 Å². The third-order valence-electron chi connectivity index (χ3n) is 4.48. The summed E-state index contributed by atoms with van der Waals surface area (Å²) in [5, 5.41) is 0.513. The van der Waals surface area contributed by atoms with Crippen LogP contribution in [0.25, 0.3) is 6.08 Å². The van der Waals surface area contributed by atoms with Gasteiger partial charge in [0.1, 0.15) is 5.69 Å². The van der Waals surface area contributed by atoms with Crippen LogP contribution in [0.4, 0.5) is 5.69 Å². The summed E-state index contributed by atoms with van der Waals surface area (Å²) in [4.78, 5) is 22.9. The number of carbonyl (C=O) groups excluding carboxylic acids is 1. The van der Waals surface area contributed by atoms with E-state index >= 15 is 0 Å². The van der Waals surface area contributed by atoms with Crippen molar-refractivity contribution in [2.45, 2.75) is 19.3 Å². The highest BCUT2D eigenvalue weighted by molar-refractivity contribution is 6.31. The maximum atomic E-state index is 12.1. The van der Waals surface area contributed by atoms with Gasteiger partial charge in [-0.15, -0.1) is 0 Å². The number of carbonyl (C=O) groups is 1. The number of rotatable bonds is 3. The molecule has 2 aromatic rings. The summed E-state index contributed by atoms with van der Waals surface area (Å²) in [6, 6.07) is 11.4. The molecule has 0 radical (unpaired) electrons. The molecule has 0 N–H and O–H groups in total. The maximum Gasteiger partial charge on any atom is 0.363 e. The zero-order chi connectivity index (χ0) is 17.9. The number of halogens is 1. The standard InChI is InChI=1S/C20H18ClN3O2/c21-15-8-9-22-17(13-15)19-23-18(20(25)26-19)12-14-4-6-16(7-5-14)24-10-2-1-3-11-24/h4-9,12-13H,1-3,10-11H2/b18-12-. The van der Waals surface area contributed by atoms with E-state index in [0.717, 1.165) is 18.7 Å². The highest BCUT2D eigenvalue weighted by Gasteiger charge is 2.25. The number of benzene rings is 1. The third kappa shape index (κ3) is 3.63. The molecule has 26 heavy (non-hydrogen) atoms. The Morgan fingerprint density at radius 1 is 1.08 bits per heavy atom. The largest absolute Gasteiger partial charge is 0.400 e. The van der Waals surface area contributed by atoms with Crippen molar-refractivity contribution in [1.29, 1.82) is 0 Å². The molecule has 1 aromatic carbocycles. The zero-order valence-electron chi connectivity index (χ0n) is 14.2. The first-order valence-corrected chi connectivity index (χ1v) is 9.06. The van der Waals surface area contributed by atoms with Crippen LogP contribution in [-0.4, -0.2) is 29.9 Å². The molecule has 132 valence electrons. The predicted molar refractivity (Wildman–Crippen MR) is 102 cm³/mol. The monoisotopic (exact) mass is 367 g/mol. The molecule has 3 heterocycles. The number of ether oxygens (including phenoxy) is 1. The molecule has 1 saturated heterocycles. The SMILES string of the molecule is O=C1OC(c2cc(Cl)ccn2)=N/C1=C\c1ccc(N2CCCCC2)cc1. The Kier molecular flexibility index (Phi) is 4.71. The zero-order valence-corrected chi connectivity index (χ0v) is 14.9. The average molecular weight is 368 g/mol. The van der Waals surface area contributed by atoms with Gasteiger partial charge in [0.05, 0.1) is 0 Å². The van der Waals surface area contributed by atoms with Gasteiger partial charge in [-0.25, -0.2) is 9.79 Å². The lowest BCUT2D eigenvalue weighted by atomic mass is 10.1.